The van der Waals surface area contributed by atoms with Crippen molar-refractivity contribution in [2.75, 3.05) is 26.8 Å². The molecule has 0 N–H and O–H groups in total. The van der Waals surface area contributed by atoms with Crippen molar-refractivity contribution < 1.29 is 18.7 Å². The monoisotopic (exact) mass is 462 g/mol. The Morgan fingerprint density at radius 3 is 2.18 bits per heavy atom. The molecule has 0 spiro atoms. The van der Waals surface area contributed by atoms with Gasteiger partial charge in [-0.15, -0.1) is 0 Å². The molecule has 0 bridgehead atoms. The van der Waals surface area contributed by atoms with Gasteiger partial charge in [-0.05, 0) is 40.8 Å². The lowest BCUT2D eigenvalue weighted by atomic mass is 9.86. The Labute approximate surface area is 202 Å². The fraction of sp³-hybridized carbons (Fsp3) is 0.357. The van der Waals surface area contributed by atoms with Crippen molar-refractivity contribution in [2.24, 2.45) is 0 Å². The highest BCUT2D eigenvalue weighted by Crippen LogP contribution is 2.22. The summed E-state index contributed by atoms with van der Waals surface area (Å²) in [4.78, 5) is 30.0. The molecule has 0 aliphatic rings. The van der Waals surface area contributed by atoms with E-state index in [1.165, 1.54) is 0 Å². The molecule has 3 rings (SSSR count). The van der Waals surface area contributed by atoms with Crippen LogP contribution in [0.2, 0.25) is 0 Å². The Balaban J connectivity index is 1.78. The molecule has 6 heteroatoms. The molecule has 3 aromatic rings. The van der Waals surface area contributed by atoms with Crippen molar-refractivity contribution in [1.29, 1.82) is 0 Å². The van der Waals surface area contributed by atoms with E-state index in [9.17, 15) is 9.59 Å². The van der Waals surface area contributed by atoms with E-state index in [1.54, 1.807) is 29.2 Å². The summed E-state index contributed by atoms with van der Waals surface area (Å²) in [5.74, 6) is 0.344. The lowest BCUT2D eigenvalue weighted by molar-refractivity contribution is -0.133. The fourth-order valence-corrected chi connectivity index (χ4v) is 3.64. The number of benzene rings is 2. The summed E-state index contributed by atoms with van der Waals surface area (Å²) >= 11 is 0. The Hall–Kier alpha value is -3.38. The zero-order chi connectivity index (χ0) is 24.6. The second kappa shape index (κ2) is 11.7. The Bertz CT molecular complexity index is 1040. The highest BCUT2D eigenvalue weighted by Gasteiger charge is 2.24. The van der Waals surface area contributed by atoms with Gasteiger partial charge in [-0.3, -0.25) is 9.59 Å². The molecule has 1 aromatic heterocycles. The molecule has 0 unspecified atom stereocenters. The van der Waals surface area contributed by atoms with Crippen LogP contribution in [0.4, 0.5) is 0 Å². The third-order valence-corrected chi connectivity index (χ3v) is 5.67. The topological polar surface area (TPSA) is 63.0 Å². The second-order valence-electron chi connectivity index (χ2n) is 9.36. The van der Waals surface area contributed by atoms with Gasteiger partial charge in [0.2, 0.25) is 5.91 Å². The maximum absolute atomic E-state index is 13.4. The number of rotatable bonds is 10. The number of furan rings is 1. The highest BCUT2D eigenvalue weighted by atomic mass is 16.5. The molecule has 0 saturated carbocycles. The van der Waals surface area contributed by atoms with E-state index in [0.717, 1.165) is 11.1 Å². The van der Waals surface area contributed by atoms with Gasteiger partial charge in [-0.25, -0.2) is 0 Å². The standard InChI is InChI=1S/C28H34N2O4/c1-28(2,3)24-14-12-23(13-15-24)27(32)29(16-18-33-4)21-26(31)30(20-25-11-8-17-34-25)19-22-9-6-5-7-10-22/h5-15,17H,16,18-21H2,1-4H3. The zero-order valence-corrected chi connectivity index (χ0v) is 20.5. The van der Waals surface area contributed by atoms with Crippen LogP contribution >= 0.6 is 0 Å². The molecule has 0 aliphatic carbocycles. The molecule has 0 radical (unpaired) electrons. The first-order valence-electron chi connectivity index (χ1n) is 11.5. The van der Waals surface area contributed by atoms with E-state index in [1.807, 2.05) is 60.7 Å². The molecule has 0 aliphatic heterocycles. The minimum absolute atomic E-state index is 0.00290. The van der Waals surface area contributed by atoms with Gasteiger partial charge in [-0.1, -0.05) is 63.2 Å². The van der Waals surface area contributed by atoms with Gasteiger partial charge in [0.1, 0.15) is 12.3 Å². The number of carbonyl (C=O) groups is 2. The molecule has 6 nitrogen and oxygen atoms in total. The second-order valence-corrected chi connectivity index (χ2v) is 9.36. The summed E-state index contributed by atoms with van der Waals surface area (Å²) in [5, 5.41) is 0. The first-order chi connectivity index (χ1) is 16.3. The molecular formula is C28H34N2O4. The minimum atomic E-state index is -0.191. The molecule has 0 fully saturated rings. The smallest absolute Gasteiger partial charge is 0.254 e. The van der Waals surface area contributed by atoms with E-state index >= 15 is 0 Å². The van der Waals surface area contributed by atoms with Crippen LogP contribution in [0.25, 0.3) is 0 Å². The van der Waals surface area contributed by atoms with Gasteiger partial charge in [0.15, 0.2) is 0 Å². The summed E-state index contributed by atoms with van der Waals surface area (Å²) in [6, 6.07) is 21.0. The summed E-state index contributed by atoms with van der Waals surface area (Å²) in [5.41, 5.74) is 2.71. The minimum Gasteiger partial charge on any atom is -0.467 e. The average Bonchev–Trinajstić information content (AvgIpc) is 3.34. The molecule has 1 heterocycles. The molecule has 180 valence electrons. The van der Waals surface area contributed by atoms with E-state index in [4.69, 9.17) is 9.15 Å². The van der Waals surface area contributed by atoms with Gasteiger partial charge in [0.25, 0.3) is 5.91 Å². The average molecular weight is 463 g/mol. The maximum Gasteiger partial charge on any atom is 0.254 e. The summed E-state index contributed by atoms with van der Waals surface area (Å²) in [7, 11) is 1.58. The van der Waals surface area contributed by atoms with Crippen molar-refractivity contribution in [3.8, 4) is 0 Å². The summed E-state index contributed by atoms with van der Waals surface area (Å²) in [6.07, 6.45) is 1.59. The van der Waals surface area contributed by atoms with Crippen molar-refractivity contribution >= 4 is 11.8 Å². The predicted molar refractivity (Wildman–Crippen MR) is 132 cm³/mol. The third kappa shape index (κ3) is 7.06. The van der Waals surface area contributed by atoms with Gasteiger partial charge in [0.05, 0.1) is 19.4 Å². The Morgan fingerprint density at radius 2 is 1.59 bits per heavy atom. The van der Waals surface area contributed by atoms with Crippen molar-refractivity contribution in [2.45, 2.75) is 39.3 Å². The number of amides is 2. The van der Waals surface area contributed by atoms with Gasteiger partial charge >= 0.3 is 0 Å². The lowest BCUT2D eigenvalue weighted by Crippen LogP contribution is -2.43. The normalized spacial score (nSPS) is 11.3. The zero-order valence-electron chi connectivity index (χ0n) is 20.5. The number of hydrogen-bond donors (Lipinski definition) is 0. The summed E-state index contributed by atoms with van der Waals surface area (Å²) < 4.78 is 10.7. The predicted octanol–water partition coefficient (Wildman–Crippen LogP) is 4.89. The largest absolute Gasteiger partial charge is 0.467 e. The van der Waals surface area contributed by atoms with E-state index in [0.29, 0.717) is 37.6 Å². The first-order valence-corrected chi connectivity index (χ1v) is 11.5. The molecule has 0 atom stereocenters. The van der Waals surface area contributed by atoms with E-state index < -0.39 is 0 Å². The van der Waals surface area contributed by atoms with E-state index in [-0.39, 0.29) is 23.8 Å². The third-order valence-electron chi connectivity index (χ3n) is 5.67. The van der Waals surface area contributed by atoms with Crippen molar-refractivity contribution in [3.05, 3.63) is 95.4 Å². The van der Waals surface area contributed by atoms with Gasteiger partial charge < -0.3 is 19.0 Å². The lowest BCUT2D eigenvalue weighted by Gasteiger charge is -2.27. The SMILES string of the molecule is COCCN(CC(=O)N(Cc1ccccc1)Cc1ccco1)C(=O)c1ccc(C(C)(C)C)cc1. The van der Waals surface area contributed by atoms with Crippen LogP contribution in [0.1, 0.15) is 48.0 Å². The van der Waals surface area contributed by atoms with Crippen LogP contribution in [0, 0.1) is 0 Å². The highest BCUT2D eigenvalue weighted by molar-refractivity contribution is 5.96. The van der Waals surface area contributed by atoms with Crippen LogP contribution in [0.5, 0.6) is 0 Å². The number of carbonyl (C=O) groups excluding carboxylic acids is 2. The number of hydrogen-bond acceptors (Lipinski definition) is 4. The fourth-order valence-electron chi connectivity index (χ4n) is 3.64. The number of ether oxygens (including phenoxy) is 1. The summed E-state index contributed by atoms with van der Waals surface area (Å²) in [6.45, 7) is 7.77. The van der Waals surface area contributed by atoms with Gasteiger partial charge in [-0.2, -0.15) is 0 Å². The van der Waals surface area contributed by atoms with Crippen molar-refractivity contribution in [3.63, 3.8) is 0 Å². The molecule has 2 amide bonds. The van der Waals surface area contributed by atoms with Crippen LogP contribution in [-0.4, -0.2) is 48.4 Å². The number of nitrogens with zero attached hydrogens (tertiary/aromatic N) is 2. The molecule has 2 aromatic carbocycles. The maximum atomic E-state index is 13.4. The van der Waals surface area contributed by atoms with E-state index in [2.05, 4.69) is 20.8 Å². The van der Waals surface area contributed by atoms with Crippen LogP contribution in [-0.2, 0) is 28.0 Å². The Kier molecular flexibility index (Phi) is 8.66. The Morgan fingerprint density at radius 1 is 0.882 bits per heavy atom. The van der Waals surface area contributed by atoms with Crippen LogP contribution < -0.4 is 0 Å². The number of methoxy groups -OCH3 is 1. The quantitative estimate of drug-likeness (QED) is 0.430. The van der Waals surface area contributed by atoms with Crippen molar-refractivity contribution in [1.82, 2.24) is 9.80 Å². The molecule has 0 saturated heterocycles. The first kappa shape index (κ1) is 25.2. The molecule has 34 heavy (non-hydrogen) atoms. The van der Waals surface area contributed by atoms with Crippen LogP contribution in [0.3, 0.4) is 0 Å². The van der Waals surface area contributed by atoms with Gasteiger partial charge in [0, 0.05) is 25.8 Å². The molecular weight excluding hydrogens is 428 g/mol. The van der Waals surface area contributed by atoms with Crippen LogP contribution in [0.15, 0.2) is 77.4 Å².